The number of aromatic nitrogens is 4. The molecule has 2 unspecified atom stereocenters. The van der Waals surface area contributed by atoms with Crippen LogP contribution in [0.25, 0.3) is 5.69 Å². The molecule has 2 atom stereocenters. The molecule has 178 valence electrons. The van der Waals surface area contributed by atoms with Crippen LogP contribution in [-0.4, -0.2) is 63.6 Å². The van der Waals surface area contributed by atoms with Gasteiger partial charge in [0.15, 0.2) is 16.8 Å². The van der Waals surface area contributed by atoms with Gasteiger partial charge in [0.1, 0.15) is 0 Å². The molecular weight excluding hydrogens is 458 g/mol. The third-order valence-electron chi connectivity index (χ3n) is 5.86. The third kappa shape index (κ3) is 5.51. The summed E-state index contributed by atoms with van der Waals surface area (Å²) in [6.45, 7) is 8.77. The minimum atomic E-state index is 0.0411. The van der Waals surface area contributed by atoms with E-state index in [4.69, 9.17) is 16.3 Å². The van der Waals surface area contributed by atoms with Gasteiger partial charge in [0, 0.05) is 34.8 Å². The molecule has 0 aliphatic rings. The predicted molar refractivity (Wildman–Crippen MR) is 134 cm³/mol. The largest absolute Gasteiger partial charge is 0.383 e. The number of ketones is 1. The van der Waals surface area contributed by atoms with E-state index in [9.17, 15) is 4.79 Å². The van der Waals surface area contributed by atoms with Gasteiger partial charge in [0.05, 0.1) is 24.4 Å². The lowest BCUT2D eigenvalue weighted by molar-refractivity contribution is 0.102. The summed E-state index contributed by atoms with van der Waals surface area (Å²) in [5, 5.41) is 10.2. The molecule has 0 bridgehead atoms. The van der Waals surface area contributed by atoms with Crippen LogP contribution in [0, 0.1) is 13.8 Å². The molecule has 0 radical (unpaired) electrons. The van der Waals surface area contributed by atoms with Crippen molar-refractivity contribution in [2.45, 2.75) is 44.9 Å². The maximum atomic E-state index is 13.2. The molecule has 9 heteroatoms. The molecule has 2 heterocycles. The first kappa shape index (κ1) is 25.5. The van der Waals surface area contributed by atoms with E-state index in [2.05, 4.69) is 33.5 Å². The van der Waals surface area contributed by atoms with Crippen molar-refractivity contribution in [1.29, 1.82) is 0 Å². The molecular formula is C24H32ClN5O2S. The van der Waals surface area contributed by atoms with E-state index in [1.807, 2.05) is 62.8 Å². The third-order valence-corrected chi connectivity index (χ3v) is 7.04. The van der Waals surface area contributed by atoms with E-state index < -0.39 is 0 Å². The standard InChI is InChI=1S/C24H32ClN5O2S/c1-15-12-21(17(3)29(15)16(2)13-32-7)22(31)14-33-24-27-26-23(18(4)28(5)6)30(24)20-10-8-19(25)9-11-20/h8-12,16,18H,13-14H2,1-7H3. The number of carbonyl (C=O) groups is 1. The monoisotopic (exact) mass is 489 g/mol. The van der Waals surface area contributed by atoms with Gasteiger partial charge in [-0.3, -0.25) is 14.3 Å². The highest BCUT2D eigenvalue weighted by Crippen LogP contribution is 2.29. The smallest absolute Gasteiger partial charge is 0.196 e. The lowest BCUT2D eigenvalue weighted by atomic mass is 10.2. The van der Waals surface area contributed by atoms with E-state index in [1.165, 1.54) is 11.8 Å². The fourth-order valence-electron chi connectivity index (χ4n) is 3.97. The van der Waals surface area contributed by atoms with Crippen LogP contribution < -0.4 is 0 Å². The maximum absolute atomic E-state index is 13.2. The molecule has 7 nitrogen and oxygen atoms in total. The molecule has 1 aromatic carbocycles. The Bertz CT molecular complexity index is 1110. The van der Waals surface area contributed by atoms with Crippen LogP contribution in [0.15, 0.2) is 35.5 Å². The van der Waals surface area contributed by atoms with E-state index in [1.54, 1.807) is 7.11 Å². The Morgan fingerprint density at radius 3 is 2.45 bits per heavy atom. The molecule has 0 saturated heterocycles. The summed E-state index contributed by atoms with van der Waals surface area (Å²) < 4.78 is 9.47. The number of nitrogens with zero attached hydrogens (tertiary/aromatic N) is 5. The minimum Gasteiger partial charge on any atom is -0.383 e. The fraction of sp³-hybridized carbons (Fsp3) is 0.458. The lowest BCUT2D eigenvalue weighted by Gasteiger charge is -2.20. The van der Waals surface area contributed by atoms with Gasteiger partial charge in [-0.2, -0.15) is 0 Å². The number of hydrogen-bond donors (Lipinski definition) is 0. The van der Waals surface area contributed by atoms with Gasteiger partial charge in [0.25, 0.3) is 0 Å². The molecule has 33 heavy (non-hydrogen) atoms. The van der Waals surface area contributed by atoms with Crippen LogP contribution in [0.4, 0.5) is 0 Å². The Balaban J connectivity index is 1.88. The van der Waals surface area contributed by atoms with Gasteiger partial charge in [0.2, 0.25) is 0 Å². The van der Waals surface area contributed by atoms with Crippen LogP contribution in [0.3, 0.4) is 0 Å². The zero-order chi connectivity index (χ0) is 24.3. The second-order valence-electron chi connectivity index (χ2n) is 8.46. The summed E-state index contributed by atoms with van der Waals surface area (Å²) in [5.41, 5.74) is 3.66. The predicted octanol–water partition coefficient (Wildman–Crippen LogP) is 5.14. The SMILES string of the molecule is COCC(C)n1c(C)cc(C(=O)CSc2nnc(C(C)N(C)C)n2-c2ccc(Cl)cc2)c1C. The fourth-order valence-corrected chi connectivity index (χ4v) is 4.94. The van der Waals surface area contributed by atoms with Crippen molar-refractivity contribution >= 4 is 29.1 Å². The van der Waals surface area contributed by atoms with Crippen molar-refractivity contribution in [3.8, 4) is 5.69 Å². The highest BCUT2D eigenvalue weighted by atomic mass is 35.5. The van der Waals surface area contributed by atoms with Crippen molar-refractivity contribution in [3.05, 3.63) is 58.1 Å². The van der Waals surface area contributed by atoms with Gasteiger partial charge >= 0.3 is 0 Å². The number of carbonyl (C=O) groups excluding carboxylic acids is 1. The molecule has 0 N–H and O–H groups in total. The number of hydrogen-bond acceptors (Lipinski definition) is 6. The molecule has 0 fully saturated rings. The van der Waals surface area contributed by atoms with Crippen molar-refractivity contribution in [3.63, 3.8) is 0 Å². The van der Waals surface area contributed by atoms with Gasteiger partial charge in [-0.15, -0.1) is 10.2 Å². The topological polar surface area (TPSA) is 65.2 Å². The number of halogens is 1. The number of thioether (sulfide) groups is 1. The Labute approximate surface area is 205 Å². The zero-order valence-corrected chi connectivity index (χ0v) is 21.9. The van der Waals surface area contributed by atoms with Crippen LogP contribution >= 0.6 is 23.4 Å². The normalized spacial score (nSPS) is 13.5. The second-order valence-corrected chi connectivity index (χ2v) is 9.84. The minimum absolute atomic E-state index is 0.0411. The summed E-state index contributed by atoms with van der Waals surface area (Å²) in [6, 6.07) is 9.73. The number of methoxy groups -OCH3 is 1. The van der Waals surface area contributed by atoms with Crippen LogP contribution in [0.5, 0.6) is 0 Å². The molecule has 0 saturated carbocycles. The first-order chi connectivity index (χ1) is 15.6. The average molecular weight is 490 g/mol. The number of benzene rings is 1. The van der Waals surface area contributed by atoms with Crippen LogP contribution in [-0.2, 0) is 4.74 Å². The van der Waals surface area contributed by atoms with Crippen molar-refractivity contribution in [1.82, 2.24) is 24.2 Å². The van der Waals surface area contributed by atoms with Crippen molar-refractivity contribution in [2.24, 2.45) is 0 Å². The lowest BCUT2D eigenvalue weighted by Crippen LogP contribution is -2.20. The van der Waals surface area contributed by atoms with E-state index in [0.29, 0.717) is 16.8 Å². The molecule has 0 spiro atoms. The summed E-state index contributed by atoms with van der Waals surface area (Å²) in [5.74, 6) is 1.14. The number of Topliss-reactive ketones (excluding diaryl/α,β-unsaturated/α-hetero) is 1. The van der Waals surface area contributed by atoms with E-state index >= 15 is 0 Å². The summed E-state index contributed by atoms with van der Waals surface area (Å²) in [4.78, 5) is 15.3. The van der Waals surface area contributed by atoms with Crippen LogP contribution in [0.2, 0.25) is 5.02 Å². The molecule has 3 rings (SSSR count). The summed E-state index contributed by atoms with van der Waals surface area (Å²) in [6.07, 6.45) is 0. The Kier molecular flexibility index (Phi) is 8.39. The van der Waals surface area contributed by atoms with Crippen molar-refractivity contribution in [2.75, 3.05) is 33.6 Å². The quantitative estimate of drug-likeness (QED) is 0.290. The highest BCUT2D eigenvalue weighted by molar-refractivity contribution is 7.99. The summed E-state index contributed by atoms with van der Waals surface area (Å²) in [7, 11) is 5.69. The zero-order valence-electron chi connectivity index (χ0n) is 20.3. The average Bonchev–Trinajstić information content (AvgIpc) is 3.32. The molecule has 3 aromatic rings. The first-order valence-electron chi connectivity index (χ1n) is 10.9. The number of aryl methyl sites for hydroxylation is 1. The Morgan fingerprint density at radius 2 is 1.85 bits per heavy atom. The molecule has 0 amide bonds. The van der Waals surface area contributed by atoms with Crippen molar-refractivity contribution < 1.29 is 9.53 Å². The van der Waals surface area contributed by atoms with E-state index in [0.717, 1.165) is 28.5 Å². The summed E-state index contributed by atoms with van der Waals surface area (Å²) >= 11 is 7.50. The maximum Gasteiger partial charge on any atom is 0.196 e. The van der Waals surface area contributed by atoms with Gasteiger partial charge in [-0.05, 0) is 72.1 Å². The molecule has 2 aromatic heterocycles. The Hall–Kier alpha value is -2.13. The van der Waals surface area contributed by atoms with E-state index in [-0.39, 0.29) is 23.6 Å². The molecule has 0 aliphatic carbocycles. The first-order valence-corrected chi connectivity index (χ1v) is 12.2. The highest BCUT2D eigenvalue weighted by Gasteiger charge is 2.23. The van der Waals surface area contributed by atoms with Gasteiger partial charge in [-0.25, -0.2) is 0 Å². The van der Waals surface area contributed by atoms with Gasteiger partial charge < -0.3 is 9.30 Å². The van der Waals surface area contributed by atoms with Gasteiger partial charge in [-0.1, -0.05) is 23.4 Å². The second kappa shape index (κ2) is 10.9. The number of rotatable bonds is 10. The molecule has 0 aliphatic heterocycles. The Morgan fingerprint density at radius 1 is 1.18 bits per heavy atom. The number of ether oxygens (including phenoxy) is 1. The van der Waals surface area contributed by atoms with Crippen LogP contribution in [0.1, 0.15) is 53.5 Å².